The Kier molecular flexibility index (Phi) is 4.78. The molecule has 0 aliphatic rings. The Hall–Kier alpha value is -2.82. The van der Waals surface area contributed by atoms with E-state index >= 15 is 0 Å². The largest absolute Gasteiger partial charge is 0.479 e. The van der Waals surface area contributed by atoms with Crippen LogP contribution in [0.3, 0.4) is 0 Å². The van der Waals surface area contributed by atoms with E-state index in [-0.39, 0.29) is 11.5 Å². The van der Waals surface area contributed by atoms with Crippen LogP contribution in [0.25, 0.3) is 6.08 Å². The van der Waals surface area contributed by atoms with E-state index in [2.05, 4.69) is 0 Å². The van der Waals surface area contributed by atoms with Crippen LogP contribution < -0.4 is 4.74 Å². The molecule has 0 fully saturated rings. The summed E-state index contributed by atoms with van der Waals surface area (Å²) in [6.45, 7) is 3.22. The Morgan fingerprint density at radius 3 is 2.68 bits per heavy atom. The molecule has 1 unspecified atom stereocenters. The summed E-state index contributed by atoms with van der Waals surface area (Å²) in [7, 11) is 0. The van der Waals surface area contributed by atoms with Crippen LogP contribution >= 0.6 is 0 Å². The average Bonchev–Trinajstić information content (AvgIpc) is 2.91. The third kappa shape index (κ3) is 4.09. The van der Waals surface area contributed by atoms with Crippen molar-refractivity contribution in [3.63, 3.8) is 0 Å². The Bertz CT molecular complexity index is 711. The lowest BCUT2D eigenvalue weighted by Crippen LogP contribution is -2.22. The van der Waals surface area contributed by atoms with Crippen LogP contribution in [0.15, 0.2) is 46.9 Å². The number of carbonyl (C=O) groups excluding carboxylic acids is 1. The van der Waals surface area contributed by atoms with Crippen LogP contribution in [0.5, 0.6) is 5.75 Å². The number of ketones is 1. The maximum Gasteiger partial charge on any atom is 0.344 e. The van der Waals surface area contributed by atoms with Gasteiger partial charge >= 0.3 is 5.97 Å². The number of aliphatic carboxylic acids is 1. The lowest BCUT2D eigenvalue weighted by molar-refractivity contribution is -0.144. The molecule has 2 rings (SSSR count). The zero-order valence-electron chi connectivity index (χ0n) is 12.3. The number of ether oxygens (including phenoxy) is 1. The number of hydrogen-bond acceptors (Lipinski definition) is 4. The second kappa shape index (κ2) is 6.76. The molecule has 1 heterocycles. The molecule has 0 amide bonds. The summed E-state index contributed by atoms with van der Waals surface area (Å²) in [5, 5.41) is 8.82. The van der Waals surface area contributed by atoms with Gasteiger partial charge in [-0.2, -0.15) is 0 Å². The van der Waals surface area contributed by atoms with Gasteiger partial charge in [0.1, 0.15) is 11.5 Å². The van der Waals surface area contributed by atoms with Crippen molar-refractivity contribution in [3.8, 4) is 5.75 Å². The Balaban J connectivity index is 2.08. The molecule has 114 valence electrons. The van der Waals surface area contributed by atoms with Crippen molar-refractivity contribution >= 4 is 17.8 Å². The van der Waals surface area contributed by atoms with Crippen LogP contribution in [0.4, 0.5) is 0 Å². The fourth-order valence-corrected chi connectivity index (χ4v) is 1.77. The molecule has 0 bridgehead atoms. The van der Waals surface area contributed by atoms with Crippen LogP contribution in [-0.4, -0.2) is 23.0 Å². The Labute approximate surface area is 127 Å². The summed E-state index contributed by atoms with van der Waals surface area (Å²) in [5.41, 5.74) is 0.728. The predicted octanol–water partition coefficient (Wildman–Crippen LogP) is 3.34. The van der Waals surface area contributed by atoms with Crippen molar-refractivity contribution in [2.75, 3.05) is 0 Å². The predicted molar refractivity (Wildman–Crippen MR) is 81.0 cm³/mol. The molecule has 0 aliphatic carbocycles. The van der Waals surface area contributed by atoms with E-state index in [4.69, 9.17) is 14.3 Å². The van der Waals surface area contributed by atoms with Gasteiger partial charge in [0, 0.05) is 0 Å². The van der Waals surface area contributed by atoms with Crippen molar-refractivity contribution in [3.05, 3.63) is 59.6 Å². The number of aryl methyl sites for hydroxylation is 1. The van der Waals surface area contributed by atoms with E-state index in [0.717, 1.165) is 5.56 Å². The zero-order valence-corrected chi connectivity index (χ0v) is 12.3. The van der Waals surface area contributed by atoms with Gasteiger partial charge < -0.3 is 14.3 Å². The number of allylic oxidation sites excluding steroid dienone is 1. The molecule has 5 nitrogen and oxygen atoms in total. The highest BCUT2D eigenvalue weighted by Gasteiger charge is 2.12. The highest BCUT2D eigenvalue weighted by atomic mass is 16.5. The lowest BCUT2D eigenvalue weighted by atomic mass is 10.1. The molecule has 0 saturated heterocycles. The minimum absolute atomic E-state index is 0.238. The van der Waals surface area contributed by atoms with E-state index in [9.17, 15) is 9.59 Å². The van der Waals surface area contributed by atoms with Gasteiger partial charge in [-0.25, -0.2) is 4.79 Å². The molecule has 0 saturated carbocycles. The van der Waals surface area contributed by atoms with Crippen LogP contribution in [-0.2, 0) is 4.79 Å². The molecule has 0 radical (unpaired) electrons. The number of carboxylic acids is 1. The summed E-state index contributed by atoms with van der Waals surface area (Å²) in [6.07, 6.45) is 2.09. The lowest BCUT2D eigenvalue weighted by Gasteiger charge is -2.10. The summed E-state index contributed by atoms with van der Waals surface area (Å²) in [4.78, 5) is 22.7. The fourth-order valence-electron chi connectivity index (χ4n) is 1.77. The number of hydrogen-bond donors (Lipinski definition) is 1. The third-order valence-electron chi connectivity index (χ3n) is 2.93. The molecule has 1 N–H and O–H groups in total. The maximum absolute atomic E-state index is 11.9. The molecule has 1 aromatic heterocycles. The second-order valence-corrected chi connectivity index (χ2v) is 4.78. The summed E-state index contributed by atoms with van der Waals surface area (Å²) >= 11 is 0. The summed E-state index contributed by atoms with van der Waals surface area (Å²) in [5.74, 6) is 0.108. The first-order valence-corrected chi connectivity index (χ1v) is 6.74. The SMILES string of the molecule is Cc1ccc(C(=O)C=Cc2cccc(OC(C)C(=O)O)c2)o1. The first kappa shape index (κ1) is 15.6. The van der Waals surface area contributed by atoms with Crippen molar-refractivity contribution < 1.29 is 23.8 Å². The van der Waals surface area contributed by atoms with E-state index in [1.165, 1.54) is 13.0 Å². The van der Waals surface area contributed by atoms with Crippen LogP contribution in [0.2, 0.25) is 0 Å². The Morgan fingerprint density at radius 2 is 2.05 bits per heavy atom. The van der Waals surface area contributed by atoms with Gasteiger partial charge in [0.15, 0.2) is 11.9 Å². The fraction of sp³-hybridized carbons (Fsp3) is 0.176. The highest BCUT2D eigenvalue weighted by molar-refractivity contribution is 6.04. The van der Waals surface area contributed by atoms with Gasteiger partial charge in [0.05, 0.1) is 0 Å². The van der Waals surface area contributed by atoms with Gasteiger partial charge in [-0.05, 0) is 49.8 Å². The van der Waals surface area contributed by atoms with Gasteiger partial charge in [-0.1, -0.05) is 18.2 Å². The molecule has 22 heavy (non-hydrogen) atoms. The van der Waals surface area contributed by atoms with Crippen molar-refractivity contribution in [2.24, 2.45) is 0 Å². The summed E-state index contributed by atoms with van der Waals surface area (Å²) in [6, 6.07) is 10.2. The first-order chi connectivity index (χ1) is 10.5. The number of carboxylic acid groups (broad SMARTS) is 1. The molecule has 5 heteroatoms. The third-order valence-corrected chi connectivity index (χ3v) is 2.93. The van der Waals surface area contributed by atoms with Gasteiger partial charge in [-0.15, -0.1) is 0 Å². The first-order valence-electron chi connectivity index (χ1n) is 6.74. The topological polar surface area (TPSA) is 76.7 Å². The van der Waals surface area contributed by atoms with Crippen molar-refractivity contribution in [1.82, 2.24) is 0 Å². The number of rotatable bonds is 6. The van der Waals surface area contributed by atoms with Gasteiger partial charge in [-0.3, -0.25) is 4.79 Å². The van der Waals surface area contributed by atoms with Crippen molar-refractivity contribution in [2.45, 2.75) is 20.0 Å². The van der Waals surface area contributed by atoms with Gasteiger partial charge in [0.25, 0.3) is 0 Å². The molecule has 1 aromatic carbocycles. The van der Waals surface area contributed by atoms with Crippen molar-refractivity contribution in [1.29, 1.82) is 0 Å². The molecule has 2 aromatic rings. The van der Waals surface area contributed by atoms with E-state index < -0.39 is 12.1 Å². The highest BCUT2D eigenvalue weighted by Crippen LogP contribution is 2.17. The average molecular weight is 300 g/mol. The quantitative estimate of drug-likeness (QED) is 0.654. The standard InChI is InChI=1S/C17H16O5/c1-11-6-9-16(21-11)15(18)8-7-13-4-3-5-14(10-13)22-12(2)17(19)20/h3-10,12H,1-2H3,(H,19,20). The minimum atomic E-state index is -1.04. The molecule has 0 spiro atoms. The normalized spacial score (nSPS) is 12.3. The zero-order chi connectivity index (χ0) is 16.1. The number of benzene rings is 1. The molecular weight excluding hydrogens is 284 g/mol. The van der Waals surface area contributed by atoms with Gasteiger partial charge in [0.2, 0.25) is 5.78 Å². The smallest absolute Gasteiger partial charge is 0.344 e. The van der Waals surface area contributed by atoms with E-state index in [0.29, 0.717) is 11.5 Å². The van der Waals surface area contributed by atoms with Crippen LogP contribution in [0.1, 0.15) is 28.8 Å². The minimum Gasteiger partial charge on any atom is -0.479 e. The van der Waals surface area contributed by atoms with E-state index in [1.807, 2.05) is 0 Å². The molecular formula is C17H16O5. The molecule has 0 aliphatic heterocycles. The van der Waals surface area contributed by atoms with E-state index in [1.54, 1.807) is 49.4 Å². The molecule has 1 atom stereocenters. The number of furan rings is 1. The van der Waals surface area contributed by atoms with Crippen LogP contribution in [0, 0.1) is 6.92 Å². The number of carbonyl (C=O) groups is 2. The summed E-state index contributed by atoms with van der Waals surface area (Å²) < 4.78 is 10.5. The monoisotopic (exact) mass is 300 g/mol. The Morgan fingerprint density at radius 1 is 1.27 bits per heavy atom. The maximum atomic E-state index is 11.9. The second-order valence-electron chi connectivity index (χ2n) is 4.78.